The number of nitrogens with zero attached hydrogens (tertiary/aromatic N) is 4. The highest BCUT2D eigenvalue weighted by atomic mass is 16.5. The van der Waals surface area contributed by atoms with Crippen molar-refractivity contribution in [1.82, 2.24) is 20.4 Å². The second-order valence-corrected chi connectivity index (χ2v) is 15.5. The molecule has 0 spiro atoms. The molecule has 0 fully saturated rings. The van der Waals surface area contributed by atoms with Gasteiger partial charge in [0, 0.05) is 23.3 Å². The number of unbranched alkanes of at least 4 members (excludes halogenated alkanes) is 13. The van der Waals surface area contributed by atoms with Gasteiger partial charge in [0.15, 0.2) is 0 Å². The number of rotatable bonds is 29. The van der Waals surface area contributed by atoms with Crippen LogP contribution in [0.5, 0.6) is 23.3 Å². The van der Waals surface area contributed by atoms with Crippen LogP contribution in [0.25, 0.3) is 22.5 Å². The van der Waals surface area contributed by atoms with Gasteiger partial charge in [-0.2, -0.15) is 0 Å². The van der Waals surface area contributed by atoms with E-state index in [0.29, 0.717) is 36.8 Å². The average Bonchev–Trinajstić information content (AvgIpc) is 3.26. The summed E-state index contributed by atoms with van der Waals surface area (Å²) >= 11 is 0. The number of ether oxygens (including phenoxy) is 4. The van der Waals surface area contributed by atoms with Crippen molar-refractivity contribution in [1.29, 1.82) is 0 Å². The van der Waals surface area contributed by atoms with Gasteiger partial charge in [-0.15, -0.1) is 20.4 Å². The molecule has 0 aliphatic rings. The van der Waals surface area contributed by atoms with Gasteiger partial charge in [-0.05, 0) is 85.3 Å². The Hall–Kier alpha value is -4.20. The zero-order chi connectivity index (χ0) is 40.8. The van der Waals surface area contributed by atoms with Gasteiger partial charge >= 0.3 is 0 Å². The Bertz CT molecular complexity index is 1530. The van der Waals surface area contributed by atoms with E-state index in [0.717, 1.165) is 72.9 Å². The van der Waals surface area contributed by atoms with Crippen LogP contribution in [-0.4, -0.2) is 46.8 Å². The second kappa shape index (κ2) is 30.0. The topological polar surface area (TPSA) is 88.5 Å². The maximum Gasteiger partial charge on any atom is 0.233 e. The lowest BCUT2D eigenvalue weighted by Crippen LogP contribution is -2.08. The minimum Gasteiger partial charge on any atom is -0.494 e. The Morgan fingerprint density at radius 2 is 0.737 bits per heavy atom. The van der Waals surface area contributed by atoms with Gasteiger partial charge in [0.1, 0.15) is 11.5 Å². The highest BCUT2D eigenvalue weighted by Crippen LogP contribution is 2.23. The Morgan fingerprint density at radius 3 is 1.05 bits per heavy atom. The van der Waals surface area contributed by atoms with Crippen LogP contribution in [0, 0.1) is 11.8 Å². The first-order valence-corrected chi connectivity index (χ1v) is 22.3. The van der Waals surface area contributed by atoms with Gasteiger partial charge < -0.3 is 18.9 Å². The molecule has 0 aliphatic carbocycles. The van der Waals surface area contributed by atoms with Crippen molar-refractivity contribution in [2.24, 2.45) is 11.8 Å². The lowest BCUT2D eigenvalue weighted by Gasteiger charge is -2.10. The molecule has 0 radical (unpaired) electrons. The van der Waals surface area contributed by atoms with E-state index in [4.69, 9.17) is 18.9 Å². The van der Waals surface area contributed by atoms with Gasteiger partial charge in [0.25, 0.3) is 0 Å². The first-order chi connectivity index (χ1) is 27.9. The number of hydrogen-bond donors (Lipinski definition) is 0. The van der Waals surface area contributed by atoms with E-state index in [1.807, 2.05) is 72.8 Å². The molecule has 2 heterocycles. The molecule has 8 nitrogen and oxygen atoms in total. The third-order valence-corrected chi connectivity index (χ3v) is 10.3. The zero-order valence-corrected chi connectivity index (χ0v) is 36.4. The summed E-state index contributed by atoms with van der Waals surface area (Å²) in [4.78, 5) is 0. The second-order valence-electron chi connectivity index (χ2n) is 15.5. The van der Waals surface area contributed by atoms with E-state index in [2.05, 4.69) is 61.9 Å². The highest BCUT2D eigenvalue weighted by Gasteiger charge is 2.07. The highest BCUT2D eigenvalue weighted by molar-refractivity contribution is 5.60. The fourth-order valence-electron chi connectivity index (χ4n) is 5.91. The zero-order valence-electron chi connectivity index (χ0n) is 36.4. The number of hydrogen-bond acceptors (Lipinski definition) is 8. The summed E-state index contributed by atoms with van der Waals surface area (Å²) < 4.78 is 23.1. The number of aromatic nitrogens is 4. The maximum atomic E-state index is 5.87. The molecule has 314 valence electrons. The minimum atomic E-state index is 0.523. The summed E-state index contributed by atoms with van der Waals surface area (Å²) in [5.41, 5.74) is 3.75. The fraction of sp³-hybridized carbons (Fsp3) is 0.592. The van der Waals surface area contributed by atoms with Gasteiger partial charge in [-0.1, -0.05) is 138 Å². The molecular formula is C49H74N4O4. The molecule has 57 heavy (non-hydrogen) atoms. The van der Waals surface area contributed by atoms with E-state index in [9.17, 15) is 0 Å². The van der Waals surface area contributed by atoms with Crippen LogP contribution in [0.2, 0.25) is 0 Å². The minimum absolute atomic E-state index is 0.523. The predicted octanol–water partition coefficient (Wildman–Crippen LogP) is 13.8. The van der Waals surface area contributed by atoms with E-state index in [-0.39, 0.29) is 0 Å². The van der Waals surface area contributed by atoms with Crippen LogP contribution in [0.4, 0.5) is 0 Å². The molecule has 4 aromatic rings. The van der Waals surface area contributed by atoms with Crippen LogP contribution in [0.3, 0.4) is 0 Å². The Labute approximate surface area is 345 Å². The fourth-order valence-corrected chi connectivity index (χ4v) is 5.91. The van der Waals surface area contributed by atoms with Crippen molar-refractivity contribution < 1.29 is 18.9 Å². The third kappa shape index (κ3) is 20.7. The third-order valence-electron chi connectivity index (χ3n) is 10.3. The van der Waals surface area contributed by atoms with Crippen molar-refractivity contribution in [3.8, 4) is 45.8 Å². The average molecular weight is 783 g/mol. The maximum absolute atomic E-state index is 5.87. The van der Waals surface area contributed by atoms with Crippen LogP contribution in [0.1, 0.15) is 151 Å². The van der Waals surface area contributed by atoms with Crippen LogP contribution in [0.15, 0.2) is 72.8 Å². The summed E-state index contributed by atoms with van der Waals surface area (Å²) in [6.45, 7) is 16.1. The molecule has 2 aromatic heterocycles. The van der Waals surface area contributed by atoms with Crippen molar-refractivity contribution in [2.75, 3.05) is 26.4 Å². The largest absolute Gasteiger partial charge is 0.494 e. The van der Waals surface area contributed by atoms with Crippen molar-refractivity contribution in [3.63, 3.8) is 0 Å². The Kier molecular flexibility index (Phi) is 24.8. The molecule has 4 rings (SSSR count). The van der Waals surface area contributed by atoms with Crippen LogP contribution >= 0.6 is 0 Å². The smallest absolute Gasteiger partial charge is 0.233 e. The van der Waals surface area contributed by atoms with Crippen LogP contribution < -0.4 is 18.9 Å². The molecule has 0 saturated heterocycles. The van der Waals surface area contributed by atoms with Gasteiger partial charge in [0.05, 0.1) is 37.8 Å². The molecule has 0 aliphatic heterocycles. The summed E-state index contributed by atoms with van der Waals surface area (Å²) in [5, 5.41) is 16.9. The molecule has 8 heteroatoms. The standard InChI is InChI=1S/C25H38N2O2.C24H36N2O2/c1-4-6-7-8-9-10-11-12-19-28-23-15-13-22(14-16-23)24-17-18-25(27-26-24)29-20-21(3)5-2;1-4-6-7-8-9-10-11-18-27-22-14-12-21(13-15-22)23-16-17-24(26-25-23)28-19-20(3)5-2/h13-18,21H,4-12,19-20H2,1-3H3;12-17,20H,4-11,18-19H2,1-3H3. The molecule has 2 atom stereocenters. The first-order valence-electron chi connectivity index (χ1n) is 22.3. The summed E-state index contributed by atoms with van der Waals surface area (Å²) in [6, 6.07) is 23.8. The molecule has 0 amide bonds. The van der Waals surface area contributed by atoms with E-state index >= 15 is 0 Å². The quantitative estimate of drug-likeness (QED) is 0.0503. The molecule has 0 saturated carbocycles. The molecule has 0 N–H and O–H groups in total. The van der Waals surface area contributed by atoms with Crippen molar-refractivity contribution in [2.45, 2.75) is 151 Å². The monoisotopic (exact) mass is 783 g/mol. The molecular weight excluding hydrogens is 709 g/mol. The van der Waals surface area contributed by atoms with Crippen molar-refractivity contribution in [3.05, 3.63) is 72.8 Å². The molecule has 0 bridgehead atoms. The van der Waals surface area contributed by atoms with Crippen molar-refractivity contribution >= 4 is 0 Å². The Morgan fingerprint density at radius 1 is 0.386 bits per heavy atom. The number of benzene rings is 2. The normalized spacial score (nSPS) is 12.0. The Balaban J connectivity index is 0.000000306. The van der Waals surface area contributed by atoms with E-state index in [1.54, 1.807) is 0 Å². The van der Waals surface area contributed by atoms with E-state index < -0.39 is 0 Å². The molecule has 2 aromatic carbocycles. The lowest BCUT2D eigenvalue weighted by atomic mass is 10.1. The lowest BCUT2D eigenvalue weighted by molar-refractivity contribution is 0.245. The summed E-state index contributed by atoms with van der Waals surface area (Å²) in [6.07, 6.45) is 21.8. The SMILES string of the molecule is CCCCCCCCCCOc1ccc(-c2ccc(OCC(C)CC)nn2)cc1.CCCCCCCCCOc1ccc(-c2ccc(OCC(C)CC)nn2)cc1. The van der Waals surface area contributed by atoms with Crippen LogP contribution in [-0.2, 0) is 0 Å². The van der Waals surface area contributed by atoms with Gasteiger partial charge in [0.2, 0.25) is 11.8 Å². The molecule has 2 unspecified atom stereocenters. The summed E-state index contributed by atoms with van der Waals surface area (Å²) in [5.74, 6) is 4.04. The van der Waals surface area contributed by atoms with Gasteiger partial charge in [-0.3, -0.25) is 0 Å². The predicted molar refractivity (Wildman–Crippen MR) is 236 cm³/mol. The van der Waals surface area contributed by atoms with E-state index in [1.165, 1.54) is 83.5 Å². The van der Waals surface area contributed by atoms with Gasteiger partial charge in [-0.25, -0.2) is 0 Å². The summed E-state index contributed by atoms with van der Waals surface area (Å²) in [7, 11) is 0. The first kappa shape index (κ1) is 47.2.